The van der Waals surface area contributed by atoms with Gasteiger partial charge in [0, 0.05) is 33.2 Å². The van der Waals surface area contributed by atoms with Gasteiger partial charge in [0.05, 0.1) is 5.60 Å². The molecule has 0 saturated heterocycles. The number of methoxy groups -OCH3 is 1. The average molecular weight is 287 g/mol. The van der Waals surface area contributed by atoms with Gasteiger partial charge in [-0.05, 0) is 6.92 Å². The van der Waals surface area contributed by atoms with Gasteiger partial charge >= 0.3 is 6.18 Å². The van der Waals surface area contributed by atoms with Gasteiger partial charge in [-0.25, -0.2) is 0 Å². The van der Waals surface area contributed by atoms with Crippen molar-refractivity contribution in [1.29, 1.82) is 0 Å². The highest BCUT2D eigenvalue weighted by molar-refractivity contribution is 5.83. The van der Waals surface area contributed by atoms with Gasteiger partial charge in [-0.15, -0.1) is 0 Å². The molecule has 19 heavy (non-hydrogen) atoms. The van der Waals surface area contributed by atoms with Gasteiger partial charge in [-0.3, -0.25) is 0 Å². The Kier molecular flexibility index (Phi) is 7.09. The third-order valence-corrected chi connectivity index (χ3v) is 2.57. The van der Waals surface area contributed by atoms with Gasteiger partial charge in [0.1, 0.15) is 5.92 Å². The quantitative estimate of drug-likeness (QED) is 0.222. The van der Waals surface area contributed by atoms with Crippen LogP contribution in [0.4, 0.5) is 13.2 Å². The lowest BCUT2D eigenvalue weighted by atomic mass is 10.0. The molecule has 0 bridgehead atoms. The summed E-state index contributed by atoms with van der Waals surface area (Å²) in [5.74, 6) is -3.02. The lowest BCUT2D eigenvalue weighted by Gasteiger charge is -2.25. The fourth-order valence-electron chi connectivity index (χ4n) is 1.35. The second kappa shape index (κ2) is 7.51. The molecule has 114 valence electrons. The van der Waals surface area contributed by atoms with E-state index in [0.29, 0.717) is 0 Å². The molecule has 0 aromatic carbocycles. The number of hydrogen-bond donors (Lipinski definition) is 4. The van der Waals surface area contributed by atoms with Crippen molar-refractivity contribution in [2.24, 2.45) is 16.8 Å². The predicted octanol–water partition coefficient (Wildman–Crippen LogP) is 0.288. The largest absolute Gasteiger partial charge is 0.409 e. The van der Waals surface area contributed by atoms with Crippen LogP contribution in [0.5, 0.6) is 0 Å². The maximum Gasteiger partial charge on any atom is 0.400 e. The molecule has 0 aromatic rings. The summed E-state index contributed by atoms with van der Waals surface area (Å²) in [5, 5.41) is 23.0. The zero-order valence-electron chi connectivity index (χ0n) is 10.9. The van der Waals surface area contributed by atoms with Crippen LogP contribution in [0.15, 0.2) is 5.16 Å². The van der Waals surface area contributed by atoms with Crippen LogP contribution in [0.1, 0.15) is 13.3 Å². The van der Waals surface area contributed by atoms with Gasteiger partial charge in [-0.1, -0.05) is 5.16 Å². The summed E-state index contributed by atoms with van der Waals surface area (Å²) >= 11 is 0. The van der Waals surface area contributed by atoms with E-state index in [9.17, 15) is 18.3 Å². The Morgan fingerprint density at radius 1 is 1.47 bits per heavy atom. The topological polar surface area (TPSA) is 100 Å². The molecule has 0 spiro atoms. The minimum Gasteiger partial charge on any atom is -0.409 e. The SMILES string of the molecule is COCCC(C)(O)CNCC(C(N)=NO)C(F)(F)F. The molecule has 0 aromatic heterocycles. The first-order valence-electron chi connectivity index (χ1n) is 5.60. The van der Waals surface area contributed by atoms with E-state index in [1.807, 2.05) is 0 Å². The molecule has 0 heterocycles. The predicted molar refractivity (Wildman–Crippen MR) is 62.9 cm³/mol. The van der Waals surface area contributed by atoms with Crippen LogP contribution in [0.2, 0.25) is 0 Å². The summed E-state index contributed by atoms with van der Waals surface area (Å²) in [6, 6.07) is 0. The Hall–Kier alpha value is -1.06. The maximum atomic E-state index is 12.6. The number of hydrogen-bond acceptors (Lipinski definition) is 5. The Morgan fingerprint density at radius 2 is 2.05 bits per heavy atom. The monoisotopic (exact) mass is 287 g/mol. The van der Waals surface area contributed by atoms with Crippen molar-refractivity contribution in [2.45, 2.75) is 25.1 Å². The molecule has 0 aliphatic rings. The number of halogens is 3. The minimum atomic E-state index is -4.62. The summed E-state index contributed by atoms with van der Waals surface area (Å²) in [6.45, 7) is 1.12. The smallest absolute Gasteiger partial charge is 0.400 e. The van der Waals surface area contributed by atoms with Crippen LogP contribution in [-0.2, 0) is 4.74 Å². The van der Waals surface area contributed by atoms with Crippen molar-refractivity contribution in [2.75, 3.05) is 26.8 Å². The molecular formula is C10H20F3N3O3. The van der Waals surface area contributed by atoms with Crippen LogP contribution in [0.25, 0.3) is 0 Å². The van der Waals surface area contributed by atoms with E-state index in [1.54, 1.807) is 0 Å². The Morgan fingerprint density at radius 3 is 2.47 bits per heavy atom. The molecule has 5 N–H and O–H groups in total. The molecule has 9 heteroatoms. The molecule has 6 nitrogen and oxygen atoms in total. The fraction of sp³-hybridized carbons (Fsp3) is 0.900. The van der Waals surface area contributed by atoms with E-state index in [0.717, 1.165) is 0 Å². The lowest BCUT2D eigenvalue weighted by Crippen LogP contribution is -2.46. The highest BCUT2D eigenvalue weighted by atomic mass is 19.4. The lowest BCUT2D eigenvalue weighted by molar-refractivity contribution is -0.155. The van der Waals surface area contributed by atoms with Crippen molar-refractivity contribution in [3.8, 4) is 0 Å². The molecule has 0 fully saturated rings. The molecule has 0 aliphatic heterocycles. The van der Waals surface area contributed by atoms with Gasteiger partial charge in [0.2, 0.25) is 0 Å². The number of rotatable bonds is 8. The number of oxime groups is 1. The van der Waals surface area contributed by atoms with Crippen molar-refractivity contribution < 1.29 is 28.2 Å². The third-order valence-electron chi connectivity index (χ3n) is 2.57. The summed E-state index contributed by atoms with van der Waals surface area (Å²) in [7, 11) is 1.46. The average Bonchev–Trinajstić information content (AvgIpc) is 2.29. The van der Waals surface area contributed by atoms with Gasteiger partial charge in [-0.2, -0.15) is 13.2 Å². The maximum absolute atomic E-state index is 12.6. The highest BCUT2D eigenvalue weighted by Crippen LogP contribution is 2.26. The normalized spacial score (nSPS) is 18.1. The summed E-state index contributed by atoms with van der Waals surface area (Å²) < 4.78 is 42.5. The Bertz CT molecular complexity index is 295. The van der Waals surface area contributed by atoms with E-state index in [-0.39, 0.29) is 19.6 Å². The van der Waals surface area contributed by atoms with E-state index in [1.165, 1.54) is 14.0 Å². The Balaban J connectivity index is 4.35. The first-order chi connectivity index (χ1) is 8.64. The second-order valence-electron chi connectivity index (χ2n) is 4.49. The molecule has 0 radical (unpaired) electrons. The second-order valence-corrected chi connectivity index (χ2v) is 4.49. The molecule has 0 saturated carbocycles. The fourth-order valence-corrected chi connectivity index (χ4v) is 1.35. The first-order valence-corrected chi connectivity index (χ1v) is 5.60. The van der Waals surface area contributed by atoms with E-state index < -0.39 is 30.1 Å². The molecular weight excluding hydrogens is 267 g/mol. The summed E-state index contributed by atoms with van der Waals surface area (Å²) in [6.07, 6.45) is -4.35. The number of alkyl halides is 3. The van der Waals surface area contributed by atoms with Gasteiger partial charge in [0.15, 0.2) is 5.84 Å². The minimum absolute atomic E-state index is 0.0678. The van der Waals surface area contributed by atoms with Crippen molar-refractivity contribution in [1.82, 2.24) is 5.32 Å². The number of nitrogens with two attached hydrogens (primary N) is 1. The van der Waals surface area contributed by atoms with Crippen molar-refractivity contribution >= 4 is 5.84 Å². The summed E-state index contributed by atoms with van der Waals surface area (Å²) in [5.41, 5.74) is 3.79. The first kappa shape index (κ1) is 17.9. The molecule has 0 amide bonds. The van der Waals surface area contributed by atoms with Gasteiger partial charge < -0.3 is 26.1 Å². The van der Waals surface area contributed by atoms with E-state index in [4.69, 9.17) is 15.7 Å². The number of amidine groups is 1. The van der Waals surface area contributed by atoms with E-state index >= 15 is 0 Å². The zero-order valence-corrected chi connectivity index (χ0v) is 10.9. The standard InChI is InChI=1S/C10H20F3N3O3/c1-9(17,3-4-19-2)6-15-5-7(8(14)16-18)10(11,12)13/h7,15,17-18H,3-6H2,1-2H3,(H2,14,16). The van der Waals surface area contributed by atoms with Crippen LogP contribution in [-0.4, -0.2) is 54.7 Å². The molecule has 2 atom stereocenters. The summed E-state index contributed by atoms with van der Waals surface area (Å²) in [4.78, 5) is 0. The van der Waals surface area contributed by atoms with Crippen molar-refractivity contribution in [3.05, 3.63) is 0 Å². The van der Waals surface area contributed by atoms with Crippen LogP contribution >= 0.6 is 0 Å². The molecule has 2 unspecified atom stereocenters. The highest BCUT2D eigenvalue weighted by Gasteiger charge is 2.42. The number of nitrogens with zero attached hydrogens (tertiary/aromatic N) is 1. The van der Waals surface area contributed by atoms with Gasteiger partial charge in [0.25, 0.3) is 0 Å². The Labute approximate surface area is 109 Å². The van der Waals surface area contributed by atoms with Crippen LogP contribution < -0.4 is 11.1 Å². The van der Waals surface area contributed by atoms with Crippen LogP contribution in [0.3, 0.4) is 0 Å². The van der Waals surface area contributed by atoms with Crippen molar-refractivity contribution in [3.63, 3.8) is 0 Å². The molecule has 0 rings (SSSR count). The van der Waals surface area contributed by atoms with Crippen LogP contribution in [0, 0.1) is 5.92 Å². The third kappa shape index (κ3) is 7.19. The number of nitrogens with one attached hydrogen (secondary N) is 1. The number of aliphatic hydroxyl groups is 1. The molecule has 0 aliphatic carbocycles. The number of ether oxygens (including phenoxy) is 1. The van der Waals surface area contributed by atoms with E-state index in [2.05, 4.69) is 10.5 Å². The zero-order chi connectivity index (χ0) is 15.1.